The predicted molar refractivity (Wildman–Crippen MR) is 296 cm³/mol. The molecule has 22 nitrogen and oxygen atoms in total. The number of carbonyl (C=O) groups is 3. The molecule has 79 heavy (non-hydrogen) atoms. The van der Waals surface area contributed by atoms with Crippen molar-refractivity contribution in [2.24, 2.45) is 4.99 Å². The number of nitrogens with one attached hydrogen (secondary N) is 1. The van der Waals surface area contributed by atoms with Crippen LogP contribution in [-0.4, -0.2) is 167 Å². The van der Waals surface area contributed by atoms with Crippen LogP contribution in [0.25, 0.3) is 17.4 Å². The molecular formula is C54H74N5O17S3+. The first-order valence-corrected chi connectivity index (χ1v) is 30.9. The van der Waals surface area contributed by atoms with Gasteiger partial charge in [0.25, 0.3) is 42.2 Å². The molecule has 1 aromatic carbocycles. The Kier molecular flexibility index (Phi) is 22.5. The smallest absolute Gasteiger partial charge is 0.294 e. The average molecular weight is 1160 g/mol. The number of hydrogen-bond acceptors (Lipinski definition) is 17. The van der Waals surface area contributed by atoms with E-state index in [1.165, 1.54) is 30.5 Å². The average Bonchev–Trinajstić information content (AvgIpc) is 4.02. The third-order valence-electron chi connectivity index (χ3n) is 13.4. The van der Waals surface area contributed by atoms with Gasteiger partial charge in [-0.1, -0.05) is 39.3 Å². The summed E-state index contributed by atoms with van der Waals surface area (Å²) >= 11 is 0. The van der Waals surface area contributed by atoms with Crippen molar-refractivity contribution in [3.63, 3.8) is 0 Å². The van der Waals surface area contributed by atoms with Crippen LogP contribution in [0, 0.1) is 0 Å². The monoisotopic (exact) mass is 1160 g/mol. The Balaban J connectivity index is 1.29. The number of hydrogen-bond donors (Lipinski definition) is 3. The number of carbonyl (C=O) groups excluding carboxylic acids is 3. The molecule has 3 amide bonds. The molecule has 0 saturated carbocycles. The maximum atomic E-state index is 13.0. The van der Waals surface area contributed by atoms with Crippen molar-refractivity contribution in [2.45, 2.75) is 94.6 Å². The highest BCUT2D eigenvalue weighted by molar-refractivity contribution is 7.86. The molecule has 2 atom stereocenters. The van der Waals surface area contributed by atoms with Gasteiger partial charge in [0.15, 0.2) is 6.54 Å². The lowest BCUT2D eigenvalue weighted by molar-refractivity contribution is -0.137. The molecule has 0 spiro atoms. The number of amides is 3. The zero-order valence-corrected chi connectivity index (χ0v) is 47.9. The quantitative estimate of drug-likeness (QED) is 0.0244. The number of nitrogens with zero attached hydrogens (tertiary/aromatic N) is 4. The van der Waals surface area contributed by atoms with Crippen molar-refractivity contribution in [1.82, 2.24) is 14.8 Å². The van der Waals surface area contributed by atoms with Gasteiger partial charge in [0.2, 0.25) is 17.5 Å². The van der Waals surface area contributed by atoms with Crippen LogP contribution in [0.5, 0.6) is 0 Å². The molecule has 0 fully saturated rings. The van der Waals surface area contributed by atoms with Crippen LogP contribution >= 0.6 is 0 Å². The van der Waals surface area contributed by atoms with Crippen molar-refractivity contribution < 1.29 is 76.3 Å². The maximum absolute atomic E-state index is 13.0. The van der Waals surface area contributed by atoms with E-state index in [2.05, 4.69) is 10.3 Å². The van der Waals surface area contributed by atoms with E-state index in [0.717, 1.165) is 27.1 Å². The third-order valence-corrected chi connectivity index (χ3v) is 16.3. The zero-order chi connectivity index (χ0) is 57.4. The summed E-state index contributed by atoms with van der Waals surface area (Å²) in [6.45, 7) is 12.0. The van der Waals surface area contributed by atoms with E-state index in [1.54, 1.807) is 13.2 Å². The van der Waals surface area contributed by atoms with E-state index < -0.39 is 65.0 Å². The molecule has 5 aliphatic rings. The normalized spacial score (nSPS) is 18.5. The van der Waals surface area contributed by atoms with E-state index in [-0.39, 0.29) is 61.9 Å². The van der Waals surface area contributed by atoms with Gasteiger partial charge in [-0.2, -0.15) is 25.3 Å². The standard InChI is InChI=1S/C54H73N5O17S3/c1-53(2,3)48-36-40(43-17-15-41(37-46(43)75-48)57(23-11-34-77(63,64)65)26-27-72-30-31-74-33-32-73-29-28-71-5)12-9-13-47-54(4,21-10-35-78(66,67)76-50-39-56-50)44-38-42(79(68,69)70)16-18-45(44)58(47)24-8-6-7-14-49(60)55-22-25-59-51(61)19-20-52(59)62/h9,12-13,15-20,36-39,50H,6-8,10-11,14,21-35H2,1-5H3,(H2-,55,60,63,64,65,68,69,70)/p+1. The van der Waals surface area contributed by atoms with Gasteiger partial charge in [-0.15, -0.1) is 0 Å². The fourth-order valence-electron chi connectivity index (χ4n) is 9.18. The summed E-state index contributed by atoms with van der Waals surface area (Å²) in [6.07, 6.45) is 11.0. The van der Waals surface area contributed by atoms with Crippen molar-refractivity contribution >= 4 is 66.1 Å². The van der Waals surface area contributed by atoms with Gasteiger partial charge in [-0.3, -0.25) is 33.4 Å². The topological polar surface area (TPSA) is 287 Å². The highest BCUT2D eigenvalue weighted by atomic mass is 32.2. The number of allylic oxidation sites excluding steroid dienone is 3. The predicted octanol–water partition coefficient (Wildman–Crippen LogP) is 4.49. The zero-order valence-electron chi connectivity index (χ0n) is 45.5. The highest BCUT2D eigenvalue weighted by Crippen LogP contribution is 2.51. The van der Waals surface area contributed by atoms with Gasteiger partial charge in [0, 0.05) is 85.6 Å². The summed E-state index contributed by atoms with van der Waals surface area (Å²) in [7, 11) is -11.2. The Bertz CT molecular complexity index is 3120. The number of methoxy groups -OCH3 is 1. The van der Waals surface area contributed by atoms with E-state index in [0.29, 0.717) is 101 Å². The molecule has 0 bridgehead atoms. The highest BCUT2D eigenvalue weighted by Gasteiger charge is 2.44. The molecule has 3 N–H and O–H groups in total. The Morgan fingerprint density at radius 2 is 1.51 bits per heavy atom. The van der Waals surface area contributed by atoms with Crippen LogP contribution in [0.2, 0.25) is 0 Å². The summed E-state index contributed by atoms with van der Waals surface area (Å²) in [6, 6.07) is 12.0. The SMILES string of the molecule is COCCOCCOCCOCC[N+](CCCS(=O)(=O)O)=c1ccc2c(/C=C/C=C3\N(CCCCCC(=O)NCCN4C(=O)C=CC4=O)c4ccc(S(=O)(=O)O)cc4C3(C)CCCS(=O)(=O)OC3C=N3)cc(C(C)(C)C)oc-2c1. The summed E-state index contributed by atoms with van der Waals surface area (Å²) in [5.41, 5.74) is 2.01. The van der Waals surface area contributed by atoms with Crippen LogP contribution in [0.15, 0.2) is 86.8 Å². The summed E-state index contributed by atoms with van der Waals surface area (Å²) in [5, 5.41) is 3.49. The van der Waals surface area contributed by atoms with E-state index in [9.17, 15) is 48.7 Å². The Morgan fingerprint density at radius 1 is 0.823 bits per heavy atom. The first-order valence-electron chi connectivity index (χ1n) is 26.3. The molecule has 2 unspecified atom stereocenters. The van der Waals surface area contributed by atoms with Gasteiger partial charge >= 0.3 is 0 Å². The molecular weight excluding hydrogens is 1090 g/mol. The number of imide groups is 1. The van der Waals surface area contributed by atoms with Crippen LogP contribution in [0.3, 0.4) is 0 Å². The van der Waals surface area contributed by atoms with Crippen LogP contribution in [0.1, 0.15) is 89.5 Å². The molecule has 25 heteroatoms. The lowest BCUT2D eigenvalue weighted by Gasteiger charge is -2.30. The second-order valence-electron chi connectivity index (χ2n) is 20.5. The molecule has 0 aromatic heterocycles. The van der Waals surface area contributed by atoms with Gasteiger partial charge in [0.1, 0.15) is 24.7 Å². The minimum Gasteiger partial charge on any atom is -0.460 e. The fraction of sp³-hybridized carbons (Fsp3) is 0.537. The van der Waals surface area contributed by atoms with Crippen molar-refractivity contribution in [3.05, 3.63) is 94.7 Å². The molecule has 0 radical (unpaired) electrons. The summed E-state index contributed by atoms with van der Waals surface area (Å²) in [5.74, 6) is -0.662. The van der Waals surface area contributed by atoms with E-state index >= 15 is 0 Å². The van der Waals surface area contributed by atoms with Gasteiger partial charge in [-0.25, -0.2) is 8.76 Å². The molecule has 0 saturated heterocycles. The lowest BCUT2D eigenvalue weighted by atomic mass is 9.77. The minimum absolute atomic E-state index is 0.0555. The minimum atomic E-state index is -4.65. The number of fused-ring (bicyclic) bond motifs is 2. The van der Waals surface area contributed by atoms with E-state index in [1.807, 2.05) is 79.7 Å². The van der Waals surface area contributed by atoms with Crippen LogP contribution in [-0.2, 0) is 78.7 Å². The molecule has 434 valence electrons. The molecule has 6 rings (SSSR count). The van der Waals surface area contributed by atoms with Gasteiger partial charge in [-0.05, 0) is 80.1 Å². The number of anilines is 1. The number of benzene rings is 2. The Hall–Kier alpha value is -5.48. The van der Waals surface area contributed by atoms with Crippen LogP contribution in [0.4, 0.5) is 5.69 Å². The van der Waals surface area contributed by atoms with Crippen molar-refractivity contribution in [2.75, 3.05) is 102 Å². The lowest BCUT2D eigenvalue weighted by Crippen LogP contribution is -2.38. The molecule has 1 aliphatic carbocycles. The van der Waals surface area contributed by atoms with Crippen molar-refractivity contribution in [3.8, 4) is 11.3 Å². The third kappa shape index (κ3) is 19.1. The second kappa shape index (κ2) is 28.3. The first-order chi connectivity index (χ1) is 37.4. The van der Waals surface area contributed by atoms with Crippen molar-refractivity contribution in [1.29, 1.82) is 0 Å². The summed E-state index contributed by atoms with van der Waals surface area (Å²) < 4.78 is 130. The largest absolute Gasteiger partial charge is 0.460 e. The van der Waals surface area contributed by atoms with Gasteiger partial charge in [0.05, 0.1) is 68.3 Å². The molecule has 1 aromatic rings. The molecule has 4 heterocycles. The van der Waals surface area contributed by atoms with Gasteiger partial charge < -0.3 is 33.6 Å². The molecule has 4 aliphatic heterocycles. The number of ether oxygens (including phenoxy) is 4. The Labute approximate surface area is 463 Å². The fourth-order valence-corrected chi connectivity index (χ4v) is 11.2. The maximum Gasteiger partial charge on any atom is 0.294 e. The van der Waals surface area contributed by atoms with E-state index in [4.69, 9.17) is 27.5 Å². The number of unbranched alkanes of at least 4 members (excludes halogenated alkanes) is 2. The number of aliphatic imine (C=N–C) groups is 1. The first kappa shape index (κ1) is 62.7. The Morgan fingerprint density at radius 3 is 2.15 bits per heavy atom. The number of rotatable bonds is 34. The second-order valence-corrected chi connectivity index (χ2v) is 25.2. The van der Waals surface area contributed by atoms with Crippen LogP contribution < -0.4 is 20.1 Å². The summed E-state index contributed by atoms with van der Waals surface area (Å²) in [4.78, 5) is 43.1.